The van der Waals surface area contributed by atoms with Gasteiger partial charge in [-0.25, -0.2) is 9.59 Å². The van der Waals surface area contributed by atoms with Crippen LogP contribution < -0.4 is 20.3 Å². The fourth-order valence-electron chi connectivity index (χ4n) is 4.09. The molecule has 2 amide bonds. The first-order chi connectivity index (χ1) is 17.5. The Morgan fingerprint density at radius 3 is 2.28 bits per heavy atom. The topological polar surface area (TPSA) is 95.8 Å². The molecule has 1 aliphatic heterocycles. The number of aromatic carboxylic acids is 1. The molecule has 4 aromatic rings. The first-order valence-electron chi connectivity index (χ1n) is 11.3. The molecule has 36 heavy (non-hydrogen) atoms. The largest absolute Gasteiger partial charge is 0.487 e. The molecule has 0 radical (unpaired) electrons. The molecule has 1 aliphatic rings. The lowest BCUT2D eigenvalue weighted by Crippen LogP contribution is -2.54. The Kier molecular flexibility index (Phi) is 6.51. The second-order valence-corrected chi connectivity index (χ2v) is 8.76. The molecule has 3 N–H and O–H groups in total. The summed E-state index contributed by atoms with van der Waals surface area (Å²) in [6.07, 6.45) is 3.63. The third-order valence-electron chi connectivity index (χ3n) is 5.79. The molecule has 1 saturated heterocycles. The molecule has 0 unspecified atom stereocenters. The van der Waals surface area contributed by atoms with Gasteiger partial charge in [-0.05, 0) is 66.7 Å². The summed E-state index contributed by atoms with van der Waals surface area (Å²) in [6.45, 7) is 1.25. The first-order valence-corrected chi connectivity index (χ1v) is 11.7. The van der Waals surface area contributed by atoms with Crippen LogP contribution in [0.4, 0.5) is 21.9 Å². The number of para-hydroxylation sites is 1. The number of hydrogen-bond donors (Lipinski definition) is 3. The summed E-state index contributed by atoms with van der Waals surface area (Å²) in [7, 11) is 0. The van der Waals surface area contributed by atoms with Crippen molar-refractivity contribution in [2.45, 2.75) is 6.10 Å². The van der Waals surface area contributed by atoms with E-state index in [0.717, 1.165) is 5.69 Å². The number of halogens is 1. The van der Waals surface area contributed by atoms with Gasteiger partial charge in [0.15, 0.2) is 0 Å². The summed E-state index contributed by atoms with van der Waals surface area (Å²) in [6, 6.07) is 22.7. The Hall–Kier alpha value is -4.43. The molecular weight excluding hydrogens is 480 g/mol. The van der Waals surface area contributed by atoms with E-state index in [4.69, 9.17) is 16.3 Å². The van der Waals surface area contributed by atoms with E-state index in [-0.39, 0.29) is 17.7 Å². The summed E-state index contributed by atoms with van der Waals surface area (Å²) >= 11 is 5.95. The van der Waals surface area contributed by atoms with Gasteiger partial charge in [-0.2, -0.15) is 0 Å². The molecule has 0 atom stereocenters. The predicted molar refractivity (Wildman–Crippen MR) is 140 cm³/mol. The van der Waals surface area contributed by atoms with Gasteiger partial charge in [0.2, 0.25) is 0 Å². The van der Waals surface area contributed by atoms with Gasteiger partial charge in [0, 0.05) is 28.8 Å². The second-order valence-electron chi connectivity index (χ2n) is 8.33. The van der Waals surface area contributed by atoms with Crippen LogP contribution >= 0.6 is 11.6 Å². The average Bonchev–Trinajstić information content (AvgIpc) is 3.36. The molecule has 1 aromatic heterocycles. The van der Waals surface area contributed by atoms with Gasteiger partial charge in [0.1, 0.15) is 11.9 Å². The van der Waals surface area contributed by atoms with Crippen LogP contribution in [-0.4, -0.2) is 40.9 Å². The van der Waals surface area contributed by atoms with Crippen molar-refractivity contribution in [1.29, 1.82) is 0 Å². The van der Waals surface area contributed by atoms with Crippen LogP contribution in [0.2, 0.25) is 5.02 Å². The highest BCUT2D eigenvalue weighted by molar-refractivity contribution is 6.30. The summed E-state index contributed by atoms with van der Waals surface area (Å²) in [4.78, 5) is 26.1. The third-order valence-corrected chi connectivity index (χ3v) is 6.03. The number of carboxylic acids is 1. The Bertz CT molecular complexity index is 1380. The Morgan fingerprint density at radius 1 is 0.889 bits per heavy atom. The zero-order valence-electron chi connectivity index (χ0n) is 19.1. The van der Waals surface area contributed by atoms with Crippen LogP contribution in [0, 0.1) is 0 Å². The minimum atomic E-state index is -0.969. The maximum Gasteiger partial charge on any atom is 0.337 e. The van der Waals surface area contributed by atoms with E-state index in [9.17, 15) is 14.7 Å². The number of ether oxygens (including phenoxy) is 1. The molecule has 0 spiro atoms. The minimum absolute atomic E-state index is 0.0408. The van der Waals surface area contributed by atoms with E-state index in [2.05, 4.69) is 15.5 Å². The Labute approximate surface area is 212 Å². The van der Waals surface area contributed by atoms with Crippen LogP contribution in [0.1, 0.15) is 10.4 Å². The normalized spacial score (nSPS) is 13.1. The van der Waals surface area contributed by atoms with Crippen LogP contribution in [0.3, 0.4) is 0 Å². The van der Waals surface area contributed by atoms with Gasteiger partial charge in [-0.15, -0.1) is 0 Å². The highest BCUT2D eigenvalue weighted by atomic mass is 35.5. The molecule has 5 rings (SSSR count). The molecule has 3 aromatic carbocycles. The molecule has 182 valence electrons. The van der Waals surface area contributed by atoms with Crippen LogP contribution in [0.25, 0.3) is 5.69 Å². The lowest BCUT2D eigenvalue weighted by atomic mass is 10.1. The highest BCUT2D eigenvalue weighted by Crippen LogP contribution is 2.32. The Morgan fingerprint density at radius 2 is 1.58 bits per heavy atom. The average molecular weight is 503 g/mol. The van der Waals surface area contributed by atoms with Gasteiger partial charge >= 0.3 is 12.0 Å². The van der Waals surface area contributed by atoms with Crippen molar-refractivity contribution in [3.8, 4) is 11.4 Å². The number of anilines is 3. The van der Waals surface area contributed by atoms with Gasteiger partial charge < -0.3 is 29.9 Å². The molecule has 8 nitrogen and oxygen atoms in total. The number of aromatic nitrogens is 1. The Balaban J connectivity index is 1.18. The van der Waals surface area contributed by atoms with E-state index in [1.54, 1.807) is 60.7 Å². The minimum Gasteiger partial charge on any atom is -0.487 e. The number of nitrogens with one attached hydrogen (secondary N) is 2. The fraction of sp³-hybridized carbons (Fsp3) is 0.111. The number of benzene rings is 3. The summed E-state index contributed by atoms with van der Waals surface area (Å²) < 4.78 is 7.89. The zero-order valence-corrected chi connectivity index (χ0v) is 19.9. The number of urea groups is 1. The van der Waals surface area contributed by atoms with Crippen molar-refractivity contribution in [2.24, 2.45) is 0 Å². The van der Waals surface area contributed by atoms with E-state index in [1.807, 2.05) is 35.2 Å². The second kappa shape index (κ2) is 10.1. The van der Waals surface area contributed by atoms with E-state index in [0.29, 0.717) is 40.9 Å². The maximum atomic E-state index is 12.2. The van der Waals surface area contributed by atoms with Gasteiger partial charge in [-0.1, -0.05) is 23.7 Å². The molecule has 0 aliphatic carbocycles. The zero-order chi connectivity index (χ0) is 25.1. The molecule has 2 heterocycles. The number of carbonyl (C=O) groups is 2. The molecule has 0 bridgehead atoms. The van der Waals surface area contributed by atoms with Crippen molar-refractivity contribution in [2.75, 3.05) is 28.6 Å². The van der Waals surface area contributed by atoms with Crippen molar-refractivity contribution in [3.63, 3.8) is 0 Å². The number of hydrogen-bond acceptors (Lipinski definition) is 4. The smallest absolute Gasteiger partial charge is 0.337 e. The highest BCUT2D eigenvalue weighted by Gasteiger charge is 2.31. The van der Waals surface area contributed by atoms with Crippen molar-refractivity contribution >= 4 is 40.7 Å². The van der Waals surface area contributed by atoms with E-state index < -0.39 is 5.97 Å². The third kappa shape index (κ3) is 5.13. The van der Waals surface area contributed by atoms with E-state index in [1.165, 1.54) is 0 Å². The monoisotopic (exact) mass is 502 g/mol. The molecule has 1 fully saturated rings. The summed E-state index contributed by atoms with van der Waals surface area (Å²) in [5, 5.41) is 15.7. The van der Waals surface area contributed by atoms with Gasteiger partial charge in [0.05, 0.1) is 30.0 Å². The molecular formula is C27H23ClN4O4. The standard InChI is InChI=1S/C27H23ClN4O4/c28-18-5-3-6-20(15-18)30-27(35)29-19-9-11-21(12-10-19)36-22-16-32(17-22)24-8-4-7-23(26(33)34)25(24)31-13-1-2-14-31/h1-15,22H,16-17H2,(H,33,34)(H2,29,30,35). The van der Waals surface area contributed by atoms with E-state index >= 15 is 0 Å². The van der Waals surface area contributed by atoms with Crippen molar-refractivity contribution in [1.82, 2.24) is 4.57 Å². The van der Waals surface area contributed by atoms with Crippen LogP contribution in [-0.2, 0) is 0 Å². The summed E-state index contributed by atoms with van der Waals surface area (Å²) in [5.74, 6) is -0.283. The lowest BCUT2D eigenvalue weighted by Gasteiger charge is -2.41. The lowest BCUT2D eigenvalue weighted by molar-refractivity contribution is 0.0697. The van der Waals surface area contributed by atoms with Crippen LogP contribution in [0.5, 0.6) is 5.75 Å². The number of carbonyl (C=O) groups excluding carboxylic acids is 1. The quantitative estimate of drug-likeness (QED) is 0.299. The van der Waals surface area contributed by atoms with Crippen molar-refractivity contribution < 1.29 is 19.4 Å². The predicted octanol–water partition coefficient (Wildman–Crippen LogP) is 5.74. The number of nitrogens with zero attached hydrogens (tertiary/aromatic N) is 2. The number of rotatable bonds is 7. The SMILES string of the molecule is O=C(Nc1ccc(OC2CN(c3cccc(C(=O)O)c3-n3cccc3)C2)cc1)Nc1cccc(Cl)c1. The number of amides is 2. The van der Waals surface area contributed by atoms with Gasteiger partial charge in [-0.3, -0.25) is 0 Å². The van der Waals surface area contributed by atoms with Gasteiger partial charge in [0.25, 0.3) is 0 Å². The number of carboxylic acid groups (broad SMARTS) is 1. The maximum absolute atomic E-state index is 12.2. The van der Waals surface area contributed by atoms with Crippen molar-refractivity contribution in [3.05, 3.63) is 102 Å². The van der Waals surface area contributed by atoms with Crippen LogP contribution in [0.15, 0.2) is 91.3 Å². The first kappa shape index (κ1) is 23.3. The molecule has 9 heteroatoms. The molecule has 0 saturated carbocycles. The fourth-order valence-corrected chi connectivity index (χ4v) is 4.28. The summed E-state index contributed by atoms with van der Waals surface area (Å²) in [5.41, 5.74) is 2.95.